The fourth-order valence-corrected chi connectivity index (χ4v) is 1.06. The molecule has 0 aromatic carbocycles. The van der Waals surface area contributed by atoms with Crippen molar-refractivity contribution in [1.82, 2.24) is 0 Å². The highest BCUT2D eigenvalue weighted by molar-refractivity contribution is 7.46. The van der Waals surface area contributed by atoms with Crippen LogP contribution in [0.2, 0.25) is 0 Å². The lowest BCUT2D eigenvalue weighted by Crippen LogP contribution is -2.23. The van der Waals surface area contributed by atoms with Gasteiger partial charge in [-0.15, -0.1) is 0 Å². The Bertz CT molecular complexity index is 282. The number of ether oxygens (including phenoxy) is 1. The summed E-state index contributed by atoms with van der Waals surface area (Å²) in [6.07, 6.45) is 2.08. The maximum atomic E-state index is 10.9. The number of phosphoric acid groups is 1. The van der Waals surface area contributed by atoms with E-state index in [-0.39, 0.29) is 13.0 Å². The first-order valence-corrected chi connectivity index (χ1v) is 6.03. The van der Waals surface area contributed by atoms with Crippen molar-refractivity contribution in [3.63, 3.8) is 0 Å². The van der Waals surface area contributed by atoms with Crippen LogP contribution >= 0.6 is 7.82 Å². The summed E-state index contributed by atoms with van der Waals surface area (Å²) in [5.41, 5.74) is 0. The quantitative estimate of drug-likeness (QED) is 0.332. The van der Waals surface area contributed by atoms with Gasteiger partial charge in [0, 0.05) is 0 Å². The first-order chi connectivity index (χ1) is 7.35. The van der Waals surface area contributed by atoms with Crippen LogP contribution in [0, 0.1) is 0 Å². The number of aliphatic hydroxyl groups is 1. The van der Waals surface area contributed by atoms with Gasteiger partial charge in [0.05, 0.1) is 13.0 Å². The maximum absolute atomic E-state index is 10.9. The Hall–Kier alpha value is -0.720. The molecule has 0 aliphatic carbocycles. The third kappa shape index (κ3) is 9.82. The topological polar surface area (TPSA) is 113 Å². The summed E-state index contributed by atoms with van der Waals surface area (Å²) >= 11 is 0. The summed E-state index contributed by atoms with van der Waals surface area (Å²) in [5.74, 6) is -0.534. The number of carbonyl (C=O) groups excluding carboxylic acids is 1. The number of aliphatic hydroxyl groups excluding tert-OH is 1. The summed E-state index contributed by atoms with van der Waals surface area (Å²) in [6.45, 7) is 0.785. The fraction of sp³-hybridized carbons (Fsp3) is 0.625. The number of esters is 1. The Kier molecular flexibility index (Phi) is 7.20. The van der Waals surface area contributed by atoms with Crippen LogP contribution in [0.3, 0.4) is 0 Å². The van der Waals surface area contributed by atoms with E-state index in [2.05, 4.69) is 9.26 Å². The van der Waals surface area contributed by atoms with Crippen molar-refractivity contribution in [2.45, 2.75) is 19.4 Å². The number of rotatable bonds is 7. The molecule has 16 heavy (non-hydrogen) atoms. The van der Waals surface area contributed by atoms with Gasteiger partial charge in [0.1, 0.15) is 12.7 Å². The molecule has 0 aromatic heterocycles. The molecule has 94 valence electrons. The lowest BCUT2D eigenvalue weighted by molar-refractivity contribution is -0.146. The number of allylic oxidation sites excluding steroid dienone is 1. The zero-order valence-electron chi connectivity index (χ0n) is 8.78. The zero-order valence-corrected chi connectivity index (χ0v) is 9.67. The Labute approximate surface area is 92.9 Å². The number of hydrogen-bond donors (Lipinski definition) is 3. The largest absolute Gasteiger partial charge is 0.469 e. The van der Waals surface area contributed by atoms with Crippen molar-refractivity contribution in [3.05, 3.63) is 12.2 Å². The second kappa shape index (κ2) is 7.54. The van der Waals surface area contributed by atoms with Gasteiger partial charge < -0.3 is 19.6 Å². The second-order valence-corrected chi connectivity index (χ2v) is 4.14. The van der Waals surface area contributed by atoms with E-state index in [4.69, 9.17) is 14.9 Å². The second-order valence-electron chi connectivity index (χ2n) is 2.90. The number of carbonyl (C=O) groups is 1. The summed E-state index contributed by atoms with van der Waals surface area (Å²) in [5, 5.41) is 9.12. The highest BCUT2D eigenvalue weighted by atomic mass is 31.2. The molecule has 0 saturated heterocycles. The lowest BCUT2D eigenvalue weighted by atomic mass is 10.4. The van der Waals surface area contributed by atoms with Crippen LogP contribution in [-0.4, -0.2) is 40.2 Å². The van der Waals surface area contributed by atoms with Gasteiger partial charge in [0.25, 0.3) is 0 Å². The van der Waals surface area contributed by atoms with E-state index in [0.717, 1.165) is 0 Å². The van der Waals surface area contributed by atoms with E-state index in [1.54, 1.807) is 19.1 Å². The van der Waals surface area contributed by atoms with Crippen molar-refractivity contribution in [2.24, 2.45) is 0 Å². The predicted molar refractivity (Wildman–Crippen MR) is 54.4 cm³/mol. The normalized spacial score (nSPS) is 14.0. The van der Waals surface area contributed by atoms with E-state index in [1.165, 1.54) is 0 Å². The summed E-state index contributed by atoms with van der Waals surface area (Å²) < 4.78 is 18.9. The summed E-state index contributed by atoms with van der Waals surface area (Å²) in [6, 6.07) is 0. The molecular formula is C8H15O7P. The van der Waals surface area contributed by atoms with Gasteiger partial charge in [0.15, 0.2) is 0 Å². The molecule has 0 heterocycles. The van der Waals surface area contributed by atoms with Crippen LogP contribution in [0.5, 0.6) is 0 Å². The standard InChI is InChI=1S/C8H15O7P/c1-2-3-4-8(10)14-5-7(9)6-15-16(11,12)13/h2-3,7,9H,4-6H2,1H3,(H2,11,12,13)/b3-2-/t7-/m1/s1. The van der Waals surface area contributed by atoms with Crippen LogP contribution in [-0.2, 0) is 18.6 Å². The van der Waals surface area contributed by atoms with E-state index in [0.29, 0.717) is 0 Å². The van der Waals surface area contributed by atoms with Gasteiger partial charge in [-0.2, -0.15) is 0 Å². The SMILES string of the molecule is C/C=C\CC(=O)OC[C@@H](O)COP(=O)(O)O. The Morgan fingerprint density at radius 3 is 2.56 bits per heavy atom. The average Bonchev–Trinajstić information content (AvgIpc) is 2.19. The van der Waals surface area contributed by atoms with Gasteiger partial charge in [0.2, 0.25) is 0 Å². The predicted octanol–water partition coefficient (Wildman–Crippen LogP) is -0.0340. The van der Waals surface area contributed by atoms with E-state index < -0.39 is 26.5 Å². The highest BCUT2D eigenvalue weighted by Gasteiger charge is 2.17. The molecule has 7 nitrogen and oxygen atoms in total. The van der Waals surface area contributed by atoms with Crippen molar-refractivity contribution in [2.75, 3.05) is 13.2 Å². The van der Waals surface area contributed by atoms with Crippen LogP contribution in [0.25, 0.3) is 0 Å². The molecule has 0 fully saturated rings. The van der Waals surface area contributed by atoms with Crippen LogP contribution in [0.15, 0.2) is 12.2 Å². The first kappa shape index (κ1) is 15.3. The zero-order chi connectivity index (χ0) is 12.6. The molecule has 0 spiro atoms. The van der Waals surface area contributed by atoms with Crippen molar-refractivity contribution in [3.8, 4) is 0 Å². The first-order valence-electron chi connectivity index (χ1n) is 4.50. The lowest BCUT2D eigenvalue weighted by Gasteiger charge is -2.11. The molecule has 0 radical (unpaired) electrons. The summed E-state index contributed by atoms with van der Waals surface area (Å²) in [7, 11) is -4.60. The van der Waals surface area contributed by atoms with Gasteiger partial charge in [-0.05, 0) is 6.92 Å². The van der Waals surface area contributed by atoms with E-state index in [1.807, 2.05) is 0 Å². The molecule has 0 bridgehead atoms. The monoisotopic (exact) mass is 254 g/mol. The minimum atomic E-state index is -4.60. The molecule has 0 aliphatic heterocycles. The van der Waals surface area contributed by atoms with Crippen molar-refractivity contribution >= 4 is 13.8 Å². The molecule has 0 unspecified atom stereocenters. The highest BCUT2D eigenvalue weighted by Crippen LogP contribution is 2.35. The Morgan fingerprint density at radius 1 is 1.44 bits per heavy atom. The smallest absolute Gasteiger partial charge is 0.463 e. The van der Waals surface area contributed by atoms with Crippen LogP contribution in [0.4, 0.5) is 0 Å². The van der Waals surface area contributed by atoms with Gasteiger partial charge in [-0.1, -0.05) is 12.2 Å². The summed E-state index contributed by atoms with van der Waals surface area (Å²) in [4.78, 5) is 27.6. The van der Waals surface area contributed by atoms with Crippen LogP contribution < -0.4 is 0 Å². The minimum Gasteiger partial charge on any atom is -0.463 e. The number of phosphoric ester groups is 1. The Balaban J connectivity index is 3.69. The van der Waals surface area contributed by atoms with Gasteiger partial charge in [-0.25, -0.2) is 4.57 Å². The van der Waals surface area contributed by atoms with E-state index in [9.17, 15) is 9.36 Å². The molecule has 1 atom stereocenters. The van der Waals surface area contributed by atoms with Crippen molar-refractivity contribution < 1.29 is 33.5 Å². The van der Waals surface area contributed by atoms with Gasteiger partial charge in [-0.3, -0.25) is 9.32 Å². The average molecular weight is 254 g/mol. The van der Waals surface area contributed by atoms with Gasteiger partial charge >= 0.3 is 13.8 Å². The molecule has 0 rings (SSSR count). The minimum absolute atomic E-state index is 0.0859. The molecule has 3 N–H and O–H groups in total. The molecule has 0 amide bonds. The molecule has 0 saturated carbocycles. The third-order valence-corrected chi connectivity index (χ3v) is 1.88. The fourth-order valence-electron chi connectivity index (χ4n) is 0.693. The molecule has 0 aromatic rings. The molecular weight excluding hydrogens is 239 g/mol. The number of hydrogen-bond acceptors (Lipinski definition) is 5. The third-order valence-electron chi connectivity index (χ3n) is 1.39. The Morgan fingerprint density at radius 2 is 2.06 bits per heavy atom. The van der Waals surface area contributed by atoms with Crippen molar-refractivity contribution in [1.29, 1.82) is 0 Å². The van der Waals surface area contributed by atoms with E-state index >= 15 is 0 Å². The van der Waals surface area contributed by atoms with Crippen LogP contribution in [0.1, 0.15) is 13.3 Å². The molecule has 0 aliphatic rings. The molecule has 8 heteroatoms. The maximum Gasteiger partial charge on any atom is 0.469 e.